The van der Waals surface area contributed by atoms with Crippen molar-refractivity contribution in [1.29, 1.82) is 0 Å². The topological polar surface area (TPSA) is 32.8 Å². The van der Waals surface area contributed by atoms with Gasteiger partial charge in [0, 0.05) is 32.7 Å². The van der Waals surface area contributed by atoms with E-state index in [1.54, 1.807) is 0 Å². The van der Waals surface area contributed by atoms with E-state index in [1.165, 1.54) is 11.1 Å². The summed E-state index contributed by atoms with van der Waals surface area (Å²) >= 11 is 0. The summed E-state index contributed by atoms with van der Waals surface area (Å²) in [6.45, 7) is 13.4. The Labute approximate surface area is 134 Å². The second-order valence-corrected chi connectivity index (χ2v) is 6.61. The fraction of sp³-hybridized carbons (Fsp3) is 0.611. The molecule has 1 aliphatic rings. The summed E-state index contributed by atoms with van der Waals surface area (Å²) in [6.07, 6.45) is 0. The van der Waals surface area contributed by atoms with Crippen LogP contribution in [-0.4, -0.2) is 55.0 Å². The predicted octanol–water partition coefficient (Wildman–Crippen LogP) is 2.48. The Morgan fingerprint density at radius 1 is 1.14 bits per heavy atom. The minimum absolute atomic E-state index is 0.0856. The number of amides is 1. The van der Waals surface area contributed by atoms with E-state index in [0.29, 0.717) is 5.92 Å². The van der Waals surface area contributed by atoms with E-state index in [1.807, 2.05) is 23.1 Å². The van der Waals surface area contributed by atoms with E-state index in [9.17, 15) is 4.79 Å². The molecule has 1 aromatic rings. The van der Waals surface area contributed by atoms with Crippen molar-refractivity contribution in [2.24, 2.45) is 5.92 Å². The zero-order valence-corrected chi connectivity index (χ0v) is 14.3. The van der Waals surface area contributed by atoms with Crippen molar-refractivity contribution in [3.05, 3.63) is 29.3 Å². The number of carbonyl (C=O) groups is 1. The molecule has 22 heavy (non-hydrogen) atoms. The Morgan fingerprint density at radius 3 is 2.41 bits per heavy atom. The largest absolute Gasteiger partial charge is 0.484 e. The van der Waals surface area contributed by atoms with Crippen LogP contribution in [0.3, 0.4) is 0 Å². The molecule has 0 radical (unpaired) electrons. The summed E-state index contributed by atoms with van der Waals surface area (Å²) in [4.78, 5) is 16.6. The highest BCUT2D eigenvalue weighted by atomic mass is 16.5. The number of rotatable bonds is 5. The first kappa shape index (κ1) is 16.8. The first-order valence-electron chi connectivity index (χ1n) is 8.16. The lowest BCUT2D eigenvalue weighted by Gasteiger charge is -2.35. The van der Waals surface area contributed by atoms with Crippen molar-refractivity contribution in [2.45, 2.75) is 27.7 Å². The number of hydrogen-bond acceptors (Lipinski definition) is 3. The number of carbonyl (C=O) groups excluding carboxylic acids is 1. The first-order chi connectivity index (χ1) is 10.5. The highest BCUT2D eigenvalue weighted by Crippen LogP contribution is 2.16. The highest BCUT2D eigenvalue weighted by Gasteiger charge is 2.21. The SMILES string of the molecule is Cc1ccc(OCC(=O)N2CCN(CC(C)C)CC2)cc1C. The van der Waals surface area contributed by atoms with E-state index in [-0.39, 0.29) is 12.5 Å². The lowest BCUT2D eigenvalue weighted by Crippen LogP contribution is -2.50. The molecule has 122 valence electrons. The number of nitrogens with zero attached hydrogens (tertiary/aromatic N) is 2. The molecular weight excluding hydrogens is 276 g/mol. The molecule has 1 amide bonds. The normalized spacial score (nSPS) is 16.1. The summed E-state index contributed by atoms with van der Waals surface area (Å²) in [5.41, 5.74) is 2.42. The standard InChI is InChI=1S/C18H28N2O2/c1-14(2)12-19-7-9-20(10-8-19)18(21)13-22-17-6-5-15(3)16(4)11-17/h5-6,11,14H,7-10,12-13H2,1-4H3. The molecule has 0 bridgehead atoms. The van der Waals surface area contributed by atoms with Crippen LogP contribution in [-0.2, 0) is 4.79 Å². The molecule has 4 heteroatoms. The zero-order valence-electron chi connectivity index (χ0n) is 14.3. The van der Waals surface area contributed by atoms with E-state index < -0.39 is 0 Å². The number of ether oxygens (including phenoxy) is 1. The maximum absolute atomic E-state index is 12.2. The molecule has 4 nitrogen and oxygen atoms in total. The average Bonchev–Trinajstić information content (AvgIpc) is 2.48. The van der Waals surface area contributed by atoms with Crippen LogP contribution in [0.5, 0.6) is 5.75 Å². The van der Waals surface area contributed by atoms with Crippen molar-refractivity contribution in [2.75, 3.05) is 39.3 Å². The average molecular weight is 304 g/mol. The molecule has 1 fully saturated rings. The van der Waals surface area contributed by atoms with Gasteiger partial charge in [-0.1, -0.05) is 19.9 Å². The number of hydrogen-bond donors (Lipinski definition) is 0. The minimum atomic E-state index is 0.0856. The molecule has 1 heterocycles. The molecular formula is C18H28N2O2. The molecule has 0 N–H and O–H groups in total. The molecule has 0 saturated carbocycles. The predicted molar refractivity (Wildman–Crippen MR) is 89.3 cm³/mol. The Hall–Kier alpha value is -1.55. The van der Waals surface area contributed by atoms with Crippen molar-refractivity contribution < 1.29 is 9.53 Å². The molecule has 1 saturated heterocycles. The van der Waals surface area contributed by atoms with Gasteiger partial charge in [0.05, 0.1) is 0 Å². The summed E-state index contributed by atoms with van der Waals surface area (Å²) in [7, 11) is 0. The Bertz CT molecular complexity index is 506. The van der Waals surface area contributed by atoms with Gasteiger partial charge in [-0.25, -0.2) is 0 Å². The fourth-order valence-electron chi connectivity index (χ4n) is 2.74. The number of aryl methyl sites for hydroxylation is 2. The van der Waals surface area contributed by atoms with E-state index in [0.717, 1.165) is 38.5 Å². The second-order valence-electron chi connectivity index (χ2n) is 6.61. The molecule has 0 aliphatic carbocycles. The molecule has 0 atom stereocenters. The maximum atomic E-state index is 12.2. The first-order valence-corrected chi connectivity index (χ1v) is 8.16. The Balaban J connectivity index is 1.77. The summed E-state index contributed by atoms with van der Waals surface area (Å²) in [5.74, 6) is 1.53. The molecule has 0 aromatic heterocycles. The van der Waals surface area contributed by atoms with Crippen LogP contribution in [0.4, 0.5) is 0 Å². The van der Waals surface area contributed by atoms with Crippen molar-refractivity contribution in [1.82, 2.24) is 9.80 Å². The molecule has 0 spiro atoms. The second kappa shape index (κ2) is 7.63. The summed E-state index contributed by atoms with van der Waals surface area (Å²) in [6, 6.07) is 5.94. The van der Waals surface area contributed by atoms with Crippen LogP contribution >= 0.6 is 0 Å². The minimum Gasteiger partial charge on any atom is -0.484 e. The van der Waals surface area contributed by atoms with Gasteiger partial charge in [0.25, 0.3) is 5.91 Å². The van der Waals surface area contributed by atoms with Crippen LogP contribution < -0.4 is 4.74 Å². The highest BCUT2D eigenvalue weighted by molar-refractivity contribution is 5.77. The molecule has 1 aromatic carbocycles. The van der Waals surface area contributed by atoms with Gasteiger partial charge in [0.15, 0.2) is 6.61 Å². The third-order valence-electron chi connectivity index (χ3n) is 4.19. The number of benzene rings is 1. The van der Waals surface area contributed by atoms with Crippen LogP contribution in [0.25, 0.3) is 0 Å². The maximum Gasteiger partial charge on any atom is 0.260 e. The van der Waals surface area contributed by atoms with Crippen molar-refractivity contribution >= 4 is 5.91 Å². The van der Waals surface area contributed by atoms with Crippen LogP contribution in [0, 0.1) is 19.8 Å². The van der Waals surface area contributed by atoms with Gasteiger partial charge < -0.3 is 9.64 Å². The van der Waals surface area contributed by atoms with Crippen molar-refractivity contribution in [3.8, 4) is 5.75 Å². The monoisotopic (exact) mass is 304 g/mol. The van der Waals surface area contributed by atoms with Gasteiger partial charge in [-0.15, -0.1) is 0 Å². The molecule has 1 aliphatic heterocycles. The lowest BCUT2D eigenvalue weighted by atomic mass is 10.1. The summed E-state index contributed by atoms with van der Waals surface area (Å²) < 4.78 is 5.64. The van der Waals surface area contributed by atoms with Crippen molar-refractivity contribution in [3.63, 3.8) is 0 Å². The van der Waals surface area contributed by atoms with Crippen LogP contribution in [0.15, 0.2) is 18.2 Å². The fourth-order valence-corrected chi connectivity index (χ4v) is 2.74. The van der Waals surface area contributed by atoms with E-state index >= 15 is 0 Å². The van der Waals surface area contributed by atoms with Crippen LogP contribution in [0.2, 0.25) is 0 Å². The third-order valence-corrected chi connectivity index (χ3v) is 4.19. The quantitative estimate of drug-likeness (QED) is 0.838. The van der Waals surface area contributed by atoms with E-state index in [2.05, 4.69) is 32.6 Å². The van der Waals surface area contributed by atoms with Gasteiger partial charge in [0.2, 0.25) is 0 Å². The van der Waals surface area contributed by atoms with Gasteiger partial charge in [0.1, 0.15) is 5.75 Å². The Kier molecular flexibility index (Phi) is 5.83. The zero-order chi connectivity index (χ0) is 16.1. The van der Waals surface area contributed by atoms with Gasteiger partial charge in [-0.3, -0.25) is 9.69 Å². The molecule has 2 rings (SSSR count). The third kappa shape index (κ3) is 4.73. The number of piperazine rings is 1. The van der Waals surface area contributed by atoms with E-state index in [4.69, 9.17) is 4.74 Å². The van der Waals surface area contributed by atoms with Crippen LogP contribution in [0.1, 0.15) is 25.0 Å². The van der Waals surface area contributed by atoms with Gasteiger partial charge in [-0.2, -0.15) is 0 Å². The lowest BCUT2D eigenvalue weighted by molar-refractivity contribution is -0.135. The van der Waals surface area contributed by atoms with Gasteiger partial charge >= 0.3 is 0 Å². The molecule has 0 unspecified atom stereocenters. The Morgan fingerprint density at radius 2 is 1.82 bits per heavy atom. The van der Waals surface area contributed by atoms with Gasteiger partial charge in [-0.05, 0) is 43.0 Å². The summed E-state index contributed by atoms with van der Waals surface area (Å²) in [5, 5.41) is 0. The smallest absolute Gasteiger partial charge is 0.260 e.